The minimum absolute atomic E-state index is 0.0639. The number of nitrogens with zero attached hydrogens (tertiary/aromatic N) is 1. The van der Waals surface area contributed by atoms with E-state index in [2.05, 4.69) is 5.32 Å². The maximum absolute atomic E-state index is 11.3. The Labute approximate surface area is 94.2 Å². The van der Waals surface area contributed by atoms with Gasteiger partial charge in [-0.1, -0.05) is 0 Å². The zero-order valence-corrected chi connectivity index (χ0v) is 9.61. The lowest BCUT2D eigenvalue weighted by Crippen LogP contribution is -2.40. The van der Waals surface area contributed by atoms with E-state index in [9.17, 15) is 9.59 Å². The van der Waals surface area contributed by atoms with Crippen molar-refractivity contribution in [2.24, 2.45) is 0 Å². The van der Waals surface area contributed by atoms with Crippen molar-refractivity contribution < 1.29 is 19.4 Å². The number of carbonyl (C=O) groups excluding carboxylic acids is 1. The number of carboxylic acids is 1. The van der Waals surface area contributed by atoms with Crippen LogP contribution in [0.2, 0.25) is 0 Å². The summed E-state index contributed by atoms with van der Waals surface area (Å²) >= 11 is 0. The first-order valence-corrected chi connectivity index (χ1v) is 4.83. The highest BCUT2D eigenvalue weighted by Gasteiger charge is 2.20. The topological polar surface area (TPSA) is 99.4 Å². The zero-order valence-electron chi connectivity index (χ0n) is 9.61. The molecular formula is C10H16N2O4. The van der Waals surface area contributed by atoms with Gasteiger partial charge in [0, 0.05) is 0 Å². The monoisotopic (exact) mass is 228 g/mol. The third-order valence-corrected chi connectivity index (χ3v) is 1.48. The Balaban J connectivity index is 4.24. The van der Waals surface area contributed by atoms with Crippen LogP contribution in [0.25, 0.3) is 0 Å². The van der Waals surface area contributed by atoms with Gasteiger partial charge in [0.05, 0.1) is 25.0 Å². The maximum Gasteiger partial charge on any atom is 0.407 e. The average molecular weight is 228 g/mol. The predicted octanol–water partition coefficient (Wildman–Crippen LogP) is 1.27. The molecule has 2 N–H and O–H groups in total. The van der Waals surface area contributed by atoms with Crippen LogP contribution in [0, 0.1) is 11.3 Å². The molecule has 0 aliphatic carbocycles. The molecule has 0 aromatic carbocycles. The molecule has 0 aromatic rings. The van der Waals surface area contributed by atoms with E-state index in [0.29, 0.717) is 0 Å². The van der Waals surface area contributed by atoms with Crippen LogP contribution in [0.1, 0.15) is 33.6 Å². The number of ether oxygens (including phenoxy) is 1. The molecule has 0 saturated heterocycles. The molecule has 0 radical (unpaired) electrons. The van der Waals surface area contributed by atoms with Gasteiger partial charge in [-0.2, -0.15) is 5.26 Å². The van der Waals surface area contributed by atoms with Crippen LogP contribution in [0.3, 0.4) is 0 Å². The van der Waals surface area contributed by atoms with Crippen LogP contribution in [0.15, 0.2) is 0 Å². The van der Waals surface area contributed by atoms with Crippen molar-refractivity contribution in [3.05, 3.63) is 0 Å². The highest BCUT2D eigenvalue weighted by Crippen LogP contribution is 2.07. The third kappa shape index (κ3) is 7.62. The Morgan fingerprint density at radius 3 is 2.44 bits per heavy atom. The lowest BCUT2D eigenvalue weighted by atomic mass is 10.1. The summed E-state index contributed by atoms with van der Waals surface area (Å²) in [6.07, 6.45) is -1.08. The Hall–Kier alpha value is -1.77. The first kappa shape index (κ1) is 14.2. The van der Waals surface area contributed by atoms with Gasteiger partial charge in [0.15, 0.2) is 0 Å². The van der Waals surface area contributed by atoms with E-state index in [1.807, 2.05) is 6.07 Å². The van der Waals surface area contributed by atoms with Gasteiger partial charge in [-0.3, -0.25) is 4.79 Å². The van der Waals surface area contributed by atoms with E-state index in [-0.39, 0.29) is 12.8 Å². The van der Waals surface area contributed by atoms with Crippen molar-refractivity contribution in [2.45, 2.75) is 45.3 Å². The molecule has 0 aliphatic rings. The second kappa shape index (κ2) is 5.95. The molecule has 0 fully saturated rings. The lowest BCUT2D eigenvalue weighted by Gasteiger charge is -2.21. The molecule has 1 amide bonds. The van der Waals surface area contributed by atoms with Crippen LogP contribution in [-0.4, -0.2) is 28.8 Å². The van der Waals surface area contributed by atoms with Crippen LogP contribution in [-0.2, 0) is 9.53 Å². The van der Waals surface area contributed by atoms with Gasteiger partial charge in [0.1, 0.15) is 5.60 Å². The van der Waals surface area contributed by atoms with Gasteiger partial charge >= 0.3 is 12.1 Å². The molecule has 0 aliphatic heterocycles. The molecule has 6 nitrogen and oxygen atoms in total. The zero-order chi connectivity index (χ0) is 12.8. The third-order valence-electron chi connectivity index (χ3n) is 1.48. The van der Waals surface area contributed by atoms with Crippen molar-refractivity contribution in [2.75, 3.05) is 0 Å². The second-order valence-corrected chi connectivity index (χ2v) is 4.30. The van der Waals surface area contributed by atoms with E-state index in [4.69, 9.17) is 15.1 Å². The first-order valence-electron chi connectivity index (χ1n) is 4.83. The Morgan fingerprint density at radius 2 is 2.06 bits per heavy atom. The van der Waals surface area contributed by atoms with E-state index < -0.39 is 23.7 Å². The van der Waals surface area contributed by atoms with Crippen LogP contribution in [0.4, 0.5) is 4.79 Å². The van der Waals surface area contributed by atoms with Gasteiger partial charge < -0.3 is 15.2 Å². The van der Waals surface area contributed by atoms with Crippen LogP contribution >= 0.6 is 0 Å². The number of carbonyl (C=O) groups is 2. The summed E-state index contributed by atoms with van der Waals surface area (Å²) in [6, 6.07) is 1.08. The summed E-state index contributed by atoms with van der Waals surface area (Å²) in [5.41, 5.74) is -0.648. The lowest BCUT2D eigenvalue weighted by molar-refractivity contribution is -0.137. The number of alkyl carbamates (subject to hydrolysis) is 1. The average Bonchev–Trinajstić information content (AvgIpc) is 1.98. The van der Waals surface area contributed by atoms with Crippen molar-refractivity contribution in [3.63, 3.8) is 0 Å². The standard InChI is InChI=1S/C10H16N2O4/c1-10(2,3)16-9(15)12-7(4-5-11)6-8(13)14/h7H,4,6H2,1-3H3,(H,12,15)(H,13,14)/t7-/m0/s1. The summed E-state index contributed by atoms with van der Waals surface area (Å²) in [4.78, 5) is 21.7. The largest absolute Gasteiger partial charge is 0.481 e. The van der Waals surface area contributed by atoms with Gasteiger partial charge in [-0.25, -0.2) is 4.79 Å². The smallest absolute Gasteiger partial charge is 0.407 e. The molecule has 0 unspecified atom stereocenters. The normalized spacial score (nSPS) is 12.4. The van der Waals surface area contributed by atoms with E-state index in [0.717, 1.165) is 0 Å². The van der Waals surface area contributed by atoms with Crippen LogP contribution in [0.5, 0.6) is 0 Å². The molecule has 0 spiro atoms. The van der Waals surface area contributed by atoms with Crippen LogP contribution < -0.4 is 5.32 Å². The predicted molar refractivity (Wildman–Crippen MR) is 55.6 cm³/mol. The molecule has 0 saturated carbocycles. The Kier molecular flexibility index (Phi) is 5.30. The maximum atomic E-state index is 11.3. The summed E-state index contributed by atoms with van der Waals surface area (Å²) in [5, 5.41) is 19.4. The van der Waals surface area contributed by atoms with E-state index >= 15 is 0 Å². The van der Waals surface area contributed by atoms with E-state index in [1.165, 1.54) is 0 Å². The minimum Gasteiger partial charge on any atom is -0.481 e. The summed E-state index contributed by atoms with van der Waals surface area (Å²) < 4.78 is 4.94. The van der Waals surface area contributed by atoms with Crippen molar-refractivity contribution in [1.29, 1.82) is 5.26 Å². The molecule has 1 atom stereocenters. The number of amides is 1. The first-order chi connectivity index (χ1) is 7.24. The van der Waals surface area contributed by atoms with Crippen molar-refractivity contribution in [3.8, 4) is 6.07 Å². The molecule has 16 heavy (non-hydrogen) atoms. The number of nitriles is 1. The summed E-state index contributed by atoms with van der Waals surface area (Å²) in [6.45, 7) is 5.09. The second-order valence-electron chi connectivity index (χ2n) is 4.30. The highest BCUT2D eigenvalue weighted by molar-refractivity contribution is 5.71. The van der Waals surface area contributed by atoms with Crippen molar-refractivity contribution in [1.82, 2.24) is 5.32 Å². The SMILES string of the molecule is CC(C)(C)OC(=O)N[C@@H](CC#N)CC(=O)O. The number of carboxylic acid groups (broad SMARTS) is 1. The number of aliphatic carboxylic acids is 1. The van der Waals surface area contributed by atoms with Gasteiger partial charge in [0.2, 0.25) is 0 Å². The number of nitrogens with one attached hydrogen (secondary N) is 1. The quantitative estimate of drug-likeness (QED) is 0.754. The Bertz CT molecular complexity index is 301. The fourth-order valence-electron chi connectivity index (χ4n) is 0.969. The molecule has 0 bridgehead atoms. The molecule has 0 rings (SSSR count). The Morgan fingerprint density at radius 1 is 1.50 bits per heavy atom. The molecule has 0 aromatic heterocycles. The molecule has 6 heteroatoms. The van der Waals surface area contributed by atoms with Gasteiger partial charge in [-0.05, 0) is 20.8 Å². The number of rotatable bonds is 4. The fraction of sp³-hybridized carbons (Fsp3) is 0.700. The molecule has 0 heterocycles. The highest BCUT2D eigenvalue weighted by atomic mass is 16.6. The van der Waals surface area contributed by atoms with Gasteiger partial charge in [-0.15, -0.1) is 0 Å². The summed E-state index contributed by atoms with van der Waals surface area (Å²) in [7, 11) is 0. The molecular weight excluding hydrogens is 212 g/mol. The summed E-state index contributed by atoms with van der Waals surface area (Å²) in [5.74, 6) is -1.07. The molecule has 90 valence electrons. The number of hydrogen-bond acceptors (Lipinski definition) is 4. The van der Waals surface area contributed by atoms with E-state index in [1.54, 1.807) is 20.8 Å². The van der Waals surface area contributed by atoms with Crippen molar-refractivity contribution >= 4 is 12.1 Å². The number of hydrogen-bond donors (Lipinski definition) is 2. The fourth-order valence-corrected chi connectivity index (χ4v) is 0.969. The minimum atomic E-state index is -1.07. The van der Waals surface area contributed by atoms with Gasteiger partial charge in [0.25, 0.3) is 0 Å².